The van der Waals surface area contributed by atoms with E-state index in [0.717, 1.165) is 11.8 Å². The SMILES string of the molecule is COc1cc([C@@H]2CC(=O)NC(SCC(=O)Nc3ccc(F)cc3)=C2C#N)cc(Br)c1O. The number of ether oxygens (including phenoxy) is 1. The Labute approximate surface area is 190 Å². The van der Waals surface area contributed by atoms with Crippen LogP contribution in [0.3, 0.4) is 0 Å². The standard InChI is InChI=1S/C21H17BrFN3O4S/c1-30-17-7-11(6-16(22)20(17)29)14-8-18(27)26-21(15(14)9-24)31-10-19(28)25-13-4-2-12(23)3-5-13/h2-7,14,29H,8,10H2,1H3,(H,25,28)(H,26,27)/t14-/m0/s1. The number of carbonyl (C=O) groups excluding carboxylic acids is 2. The molecule has 0 bridgehead atoms. The van der Waals surface area contributed by atoms with E-state index >= 15 is 0 Å². The van der Waals surface area contributed by atoms with Crippen LogP contribution in [0.1, 0.15) is 17.9 Å². The van der Waals surface area contributed by atoms with Crippen molar-refractivity contribution in [3.05, 3.63) is 62.9 Å². The summed E-state index contributed by atoms with van der Waals surface area (Å²) in [6, 6.07) is 10.7. The zero-order valence-electron chi connectivity index (χ0n) is 16.2. The molecule has 0 spiro atoms. The number of nitrogens with zero attached hydrogens (tertiary/aromatic N) is 1. The Morgan fingerprint density at radius 3 is 2.77 bits per heavy atom. The second kappa shape index (κ2) is 9.85. The minimum absolute atomic E-state index is 0.0368. The van der Waals surface area contributed by atoms with E-state index in [9.17, 15) is 24.3 Å². The quantitative estimate of drug-likeness (QED) is 0.546. The molecule has 3 rings (SSSR count). The molecule has 0 unspecified atom stereocenters. The first kappa shape index (κ1) is 22.7. The van der Waals surface area contributed by atoms with Gasteiger partial charge >= 0.3 is 0 Å². The summed E-state index contributed by atoms with van der Waals surface area (Å²) in [6.07, 6.45) is 0.0368. The fourth-order valence-electron chi connectivity index (χ4n) is 3.04. The smallest absolute Gasteiger partial charge is 0.234 e. The molecular weight excluding hydrogens is 489 g/mol. The van der Waals surface area contributed by atoms with E-state index in [-0.39, 0.29) is 35.5 Å². The highest BCUT2D eigenvalue weighted by molar-refractivity contribution is 9.10. The molecule has 0 radical (unpaired) electrons. The van der Waals surface area contributed by atoms with Crippen LogP contribution in [0.4, 0.5) is 10.1 Å². The Bertz CT molecular complexity index is 1100. The number of thioether (sulfide) groups is 1. The number of anilines is 1. The van der Waals surface area contributed by atoms with E-state index in [0.29, 0.717) is 26.3 Å². The Hall–Kier alpha value is -3.03. The molecule has 1 aliphatic heterocycles. The predicted molar refractivity (Wildman–Crippen MR) is 118 cm³/mol. The van der Waals surface area contributed by atoms with E-state index in [4.69, 9.17) is 4.74 Å². The third-order valence-electron chi connectivity index (χ3n) is 4.50. The van der Waals surface area contributed by atoms with Gasteiger partial charge < -0.3 is 20.5 Å². The van der Waals surface area contributed by atoms with Crippen LogP contribution < -0.4 is 15.4 Å². The summed E-state index contributed by atoms with van der Waals surface area (Å²) >= 11 is 4.28. The Morgan fingerprint density at radius 1 is 1.42 bits per heavy atom. The molecule has 160 valence electrons. The third-order valence-corrected chi connectivity index (χ3v) is 6.13. The molecule has 1 aliphatic rings. The summed E-state index contributed by atoms with van der Waals surface area (Å²) in [6.45, 7) is 0. The zero-order chi connectivity index (χ0) is 22.5. The van der Waals surface area contributed by atoms with Crippen LogP contribution in [0.5, 0.6) is 11.5 Å². The van der Waals surface area contributed by atoms with Crippen molar-refractivity contribution >= 4 is 45.2 Å². The molecule has 0 saturated heterocycles. The molecule has 0 fully saturated rings. The van der Waals surface area contributed by atoms with Crippen LogP contribution in [0.2, 0.25) is 0 Å². The number of phenols is 1. The number of aromatic hydroxyl groups is 1. The van der Waals surface area contributed by atoms with Crippen molar-refractivity contribution in [2.24, 2.45) is 0 Å². The van der Waals surface area contributed by atoms with Crippen LogP contribution in [-0.2, 0) is 9.59 Å². The maximum Gasteiger partial charge on any atom is 0.234 e. The number of hydrogen-bond donors (Lipinski definition) is 3. The van der Waals surface area contributed by atoms with Crippen LogP contribution in [0.15, 0.2) is 51.5 Å². The average Bonchev–Trinajstić information content (AvgIpc) is 2.75. The molecule has 0 aromatic heterocycles. The van der Waals surface area contributed by atoms with E-state index in [1.807, 2.05) is 0 Å². The van der Waals surface area contributed by atoms with Crippen molar-refractivity contribution in [3.63, 3.8) is 0 Å². The highest BCUT2D eigenvalue weighted by atomic mass is 79.9. The zero-order valence-corrected chi connectivity index (χ0v) is 18.6. The first-order chi connectivity index (χ1) is 14.8. The van der Waals surface area contributed by atoms with Crippen molar-refractivity contribution in [2.75, 3.05) is 18.2 Å². The number of nitrogens with one attached hydrogen (secondary N) is 2. The van der Waals surface area contributed by atoms with Crippen molar-refractivity contribution in [3.8, 4) is 17.6 Å². The molecule has 0 aliphatic carbocycles. The molecule has 1 heterocycles. The van der Waals surface area contributed by atoms with Gasteiger partial charge in [-0.2, -0.15) is 5.26 Å². The Kier molecular flexibility index (Phi) is 7.20. The molecule has 3 N–H and O–H groups in total. The number of methoxy groups -OCH3 is 1. The van der Waals surface area contributed by atoms with Gasteiger partial charge in [-0.3, -0.25) is 9.59 Å². The molecule has 7 nitrogen and oxygen atoms in total. The number of hydrogen-bond acceptors (Lipinski definition) is 6. The largest absolute Gasteiger partial charge is 0.503 e. The minimum Gasteiger partial charge on any atom is -0.503 e. The number of allylic oxidation sites excluding steroid dienone is 1. The lowest BCUT2D eigenvalue weighted by Gasteiger charge is -2.25. The number of nitriles is 1. The van der Waals surface area contributed by atoms with E-state index in [1.165, 1.54) is 31.4 Å². The summed E-state index contributed by atoms with van der Waals surface area (Å²) < 4.78 is 18.5. The molecule has 2 aromatic carbocycles. The molecular formula is C21H17BrFN3O4S. The van der Waals surface area contributed by atoms with Crippen LogP contribution in [-0.4, -0.2) is 29.8 Å². The van der Waals surface area contributed by atoms with Gasteiger partial charge in [0.1, 0.15) is 5.82 Å². The van der Waals surface area contributed by atoms with Crippen LogP contribution >= 0.6 is 27.7 Å². The summed E-state index contributed by atoms with van der Waals surface area (Å²) in [7, 11) is 1.40. The van der Waals surface area contributed by atoms with Crippen LogP contribution in [0.25, 0.3) is 0 Å². The molecule has 10 heteroatoms. The first-order valence-electron chi connectivity index (χ1n) is 9.01. The number of carbonyl (C=O) groups is 2. The fraction of sp³-hybridized carbons (Fsp3) is 0.190. The van der Waals surface area contributed by atoms with Gasteiger partial charge in [-0.05, 0) is 57.9 Å². The average molecular weight is 506 g/mol. The maximum atomic E-state index is 13.0. The summed E-state index contributed by atoms with van der Waals surface area (Å²) in [5, 5.41) is 25.4. The fourth-order valence-corrected chi connectivity index (χ4v) is 4.37. The van der Waals surface area contributed by atoms with Gasteiger partial charge in [0.2, 0.25) is 11.8 Å². The van der Waals surface area contributed by atoms with Gasteiger partial charge in [0, 0.05) is 18.0 Å². The highest BCUT2D eigenvalue weighted by Gasteiger charge is 2.31. The Balaban J connectivity index is 1.81. The summed E-state index contributed by atoms with van der Waals surface area (Å²) in [5.41, 5.74) is 1.36. The normalized spacial score (nSPS) is 15.8. The predicted octanol–water partition coefficient (Wildman–Crippen LogP) is 4.01. The topological polar surface area (TPSA) is 111 Å². The maximum absolute atomic E-state index is 13.0. The monoisotopic (exact) mass is 505 g/mol. The van der Waals surface area contributed by atoms with Gasteiger partial charge in [0.25, 0.3) is 0 Å². The number of amides is 2. The first-order valence-corrected chi connectivity index (χ1v) is 10.8. The molecule has 0 saturated carbocycles. The second-order valence-electron chi connectivity index (χ2n) is 6.56. The van der Waals surface area contributed by atoms with Gasteiger partial charge in [-0.15, -0.1) is 0 Å². The van der Waals surface area contributed by atoms with Gasteiger partial charge in [-0.1, -0.05) is 11.8 Å². The number of phenolic OH excluding ortho intramolecular Hbond substituents is 1. The molecule has 1 atom stereocenters. The van der Waals surface area contributed by atoms with Gasteiger partial charge in [-0.25, -0.2) is 4.39 Å². The van der Waals surface area contributed by atoms with E-state index < -0.39 is 11.7 Å². The second-order valence-corrected chi connectivity index (χ2v) is 8.40. The third kappa shape index (κ3) is 5.37. The van der Waals surface area contributed by atoms with E-state index in [1.54, 1.807) is 12.1 Å². The molecule has 31 heavy (non-hydrogen) atoms. The van der Waals surface area contributed by atoms with Crippen molar-refractivity contribution in [2.45, 2.75) is 12.3 Å². The van der Waals surface area contributed by atoms with E-state index in [2.05, 4.69) is 32.6 Å². The van der Waals surface area contributed by atoms with Gasteiger partial charge in [0.15, 0.2) is 11.5 Å². The number of halogens is 2. The van der Waals surface area contributed by atoms with Crippen LogP contribution in [0, 0.1) is 17.1 Å². The lowest BCUT2D eigenvalue weighted by atomic mass is 9.87. The number of benzene rings is 2. The summed E-state index contributed by atoms with van der Waals surface area (Å²) in [5.74, 6) is -1.58. The molecule has 2 amide bonds. The minimum atomic E-state index is -0.563. The lowest BCUT2D eigenvalue weighted by Crippen LogP contribution is -2.31. The van der Waals surface area contributed by atoms with Crippen molar-refractivity contribution in [1.29, 1.82) is 5.26 Å². The highest BCUT2D eigenvalue weighted by Crippen LogP contribution is 2.42. The Morgan fingerprint density at radius 2 is 2.13 bits per heavy atom. The van der Waals surface area contributed by atoms with Gasteiger partial charge in [0.05, 0.1) is 34.0 Å². The van der Waals surface area contributed by atoms with Crippen molar-refractivity contribution < 1.29 is 23.8 Å². The number of rotatable bonds is 6. The lowest BCUT2D eigenvalue weighted by molar-refractivity contribution is -0.121. The van der Waals surface area contributed by atoms with Crippen molar-refractivity contribution in [1.82, 2.24) is 5.32 Å². The summed E-state index contributed by atoms with van der Waals surface area (Å²) in [4.78, 5) is 24.5. The molecule has 2 aromatic rings.